The van der Waals surface area contributed by atoms with Crippen LogP contribution in [0.25, 0.3) is 10.2 Å². The van der Waals surface area contributed by atoms with E-state index in [1.807, 2.05) is 29.6 Å². The summed E-state index contributed by atoms with van der Waals surface area (Å²) in [5.41, 5.74) is 4.16. The highest BCUT2D eigenvalue weighted by atomic mass is 32.1. The summed E-state index contributed by atoms with van der Waals surface area (Å²) < 4.78 is 3.17. The zero-order valence-electron chi connectivity index (χ0n) is 16.0. The first-order chi connectivity index (χ1) is 14.2. The van der Waals surface area contributed by atoms with Gasteiger partial charge in [0.2, 0.25) is 0 Å². The number of fused-ring (bicyclic) bond motifs is 1. The van der Waals surface area contributed by atoms with Crippen LogP contribution < -0.4 is 10.6 Å². The largest absolute Gasteiger partial charge is 0.355 e. The molecule has 0 atom stereocenters. The molecule has 5 nitrogen and oxygen atoms in total. The maximum Gasteiger partial charge on any atom is 0.272 e. The molecular formula is C23H21N3O2S. The Hall–Kier alpha value is -3.38. The van der Waals surface area contributed by atoms with Crippen LogP contribution in [0.15, 0.2) is 72.1 Å². The summed E-state index contributed by atoms with van der Waals surface area (Å²) in [7, 11) is 1.59. The summed E-state index contributed by atoms with van der Waals surface area (Å²) in [6.07, 6.45) is 0.849. The van der Waals surface area contributed by atoms with Crippen molar-refractivity contribution in [3.8, 4) is 0 Å². The molecule has 0 fully saturated rings. The topological polar surface area (TPSA) is 63.1 Å². The molecule has 2 heterocycles. The first-order valence-electron chi connectivity index (χ1n) is 9.40. The fourth-order valence-corrected chi connectivity index (χ4v) is 4.16. The molecule has 2 N–H and O–H groups in total. The first-order valence-corrected chi connectivity index (χ1v) is 10.3. The number of thiophene rings is 1. The van der Waals surface area contributed by atoms with Gasteiger partial charge in [0.05, 0.1) is 10.2 Å². The number of anilines is 1. The second-order valence-electron chi connectivity index (χ2n) is 6.70. The third kappa shape index (κ3) is 4.07. The number of carbonyl (C=O) groups excluding carboxylic acids is 2. The summed E-state index contributed by atoms with van der Waals surface area (Å²) in [6, 6.07) is 21.1. The number of carbonyl (C=O) groups is 2. The predicted octanol–water partition coefficient (Wildman–Crippen LogP) is 4.56. The second kappa shape index (κ2) is 8.32. The van der Waals surface area contributed by atoms with E-state index in [4.69, 9.17) is 0 Å². The lowest BCUT2D eigenvalue weighted by Gasteiger charge is -2.11. The summed E-state index contributed by atoms with van der Waals surface area (Å²) in [6.45, 7) is 0.725. The van der Waals surface area contributed by atoms with Crippen molar-refractivity contribution in [2.24, 2.45) is 0 Å². The van der Waals surface area contributed by atoms with Crippen LogP contribution in [0.1, 0.15) is 26.4 Å². The quantitative estimate of drug-likeness (QED) is 0.496. The summed E-state index contributed by atoms with van der Waals surface area (Å²) >= 11 is 1.63. The predicted molar refractivity (Wildman–Crippen MR) is 118 cm³/mol. The Bertz CT molecular complexity index is 1140. The molecular weight excluding hydrogens is 382 g/mol. The van der Waals surface area contributed by atoms with Crippen LogP contribution in [0.5, 0.6) is 0 Å². The molecule has 2 aromatic carbocycles. The van der Waals surface area contributed by atoms with Crippen molar-refractivity contribution in [2.75, 3.05) is 12.4 Å². The highest BCUT2D eigenvalue weighted by molar-refractivity contribution is 7.17. The van der Waals surface area contributed by atoms with E-state index in [0.717, 1.165) is 23.2 Å². The number of rotatable bonds is 6. The second-order valence-corrected chi connectivity index (χ2v) is 7.65. The Morgan fingerprint density at radius 1 is 0.966 bits per heavy atom. The molecule has 0 radical (unpaired) electrons. The van der Waals surface area contributed by atoms with Crippen molar-refractivity contribution < 1.29 is 9.59 Å². The molecule has 2 amide bonds. The maximum atomic E-state index is 13.0. The summed E-state index contributed by atoms with van der Waals surface area (Å²) in [5, 5.41) is 7.58. The van der Waals surface area contributed by atoms with Crippen LogP contribution >= 0.6 is 11.3 Å². The van der Waals surface area contributed by atoms with E-state index in [2.05, 4.69) is 33.4 Å². The van der Waals surface area contributed by atoms with Crippen molar-refractivity contribution in [1.29, 1.82) is 0 Å². The molecule has 0 aliphatic rings. The molecule has 146 valence electrons. The first kappa shape index (κ1) is 19.0. The molecule has 0 aliphatic heterocycles. The number of amides is 2. The van der Waals surface area contributed by atoms with Gasteiger partial charge in [-0.2, -0.15) is 0 Å². The van der Waals surface area contributed by atoms with Gasteiger partial charge in [0, 0.05) is 24.8 Å². The van der Waals surface area contributed by atoms with Crippen molar-refractivity contribution in [1.82, 2.24) is 9.88 Å². The van der Waals surface area contributed by atoms with E-state index in [1.54, 1.807) is 42.6 Å². The lowest BCUT2D eigenvalue weighted by atomic mass is 10.1. The fraction of sp³-hybridized carbons (Fsp3) is 0.130. The highest BCUT2D eigenvalue weighted by Gasteiger charge is 2.17. The normalized spacial score (nSPS) is 10.8. The van der Waals surface area contributed by atoms with Crippen LogP contribution in [0.3, 0.4) is 0 Å². The Morgan fingerprint density at radius 2 is 1.72 bits per heavy atom. The van der Waals surface area contributed by atoms with Crippen LogP contribution in [-0.4, -0.2) is 23.4 Å². The molecule has 0 unspecified atom stereocenters. The number of benzene rings is 2. The molecule has 29 heavy (non-hydrogen) atoms. The van der Waals surface area contributed by atoms with E-state index >= 15 is 0 Å². The minimum absolute atomic E-state index is 0.155. The van der Waals surface area contributed by atoms with Crippen molar-refractivity contribution in [3.63, 3.8) is 0 Å². The van der Waals surface area contributed by atoms with E-state index in [-0.39, 0.29) is 11.8 Å². The average molecular weight is 404 g/mol. The number of hydrogen-bond donors (Lipinski definition) is 2. The van der Waals surface area contributed by atoms with Gasteiger partial charge >= 0.3 is 0 Å². The van der Waals surface area contributed by atoms with Crippen molar-refractivity contribution in [3.05, 3.63) is 88.9 Å². The third-order valence-electron chi connectivity index (χ3n) is 4.85. The Labute approximate surface area is 173 Å². The average Bonchev–Trinajstić information content (AvgIpc) is 3.34. The van der Waals surface area contributed by atoms with Gasteiger partial charge in [0.25, 0.3) is 11.8 Å². The Balaban J connectivity index is 1.55. The van der Waals surface area contributed by atoms with E-state index in [1.165, 1.54) is 5.56 Å². The number of nitrogens with zero attached hydrogens (tertiary/aromatic N) is 1. The summed E-state index contributed by atoms with van der Waals surface area (Å²) in [5.74, 6) is -0.313. The molecule has 6 heteroatoms. The molecule has 0 bridgehead atoms. The van der Waals surface area contributed by atoms with Gasteiger partial charge in [-0.05, 0) is 53.8 Å². The zero-order valence-corrected chi connectivity index (χ0v) is 16.8. The lowest BCUT2D eigenvalue weighted by Crippen LogP contribution is -2.19. The van der Waals surface area contributed by atoms with Gasteiger partial charge in [-0.25, -0.2) is 0 Å². The van der Waals surface area contributed by atoms with Gasteiger partial charge in [-0.3, -0.25) is 9.59 Å². The van der Waals surface area contributed by atoms with E-state index in [9.17, 15) is 9.59 Å². The number of hydrogen-bond acceptors (Lipinski definition) is 3. The fourth-order valence-electron chi connectivity index (χ4n) is 3.34. The minimum Gasteiger partial charge on any atom is -0.355 e. The Morgan fingerprint density at radius 3 is 2.45 bits per heavy atom. The van der Waals surface area contributed by atoms with Gasteiger partial charge < -0.3 is 15.2 Å². The van der Waals surface area contributed by atoms with Crippen LogP contribution in [-0.2, 0) is 13.0 Å². The smallest absolute Gasteiger partial charge is 0.272 e. The van der Waals surface area contributed by atoms with Gasteiger partial charge in [0.15, 0.2) is 0 Å². The highest BCUT2D eigenvalue weighted by Crippen LogP contribution is 2.26. The molecule has 4 aromatic rings. The van der Waals surface area contributed by atoms with Crippen molar-refractivity contribution in [2.45, 2.75) is 13.0 Å². The van der Waals surface area contributed by atoms with Gasteiger partial charge in [0.1, 0.15) is 5.69 Å². The molecule has 0 saturated heterocycles. The summed E-state index contributed by atoms with van der Waals surface area (Å²) in [4.78, 5) is 24.7. The van der Waals surface area contributed by atoms with Crippen LogP contribution in [0.2, 0.25) is 0 Å². The Kier molecular flexibility index (Phi) is 5.44. The molecule has 0 aliphatic carbocycles. The van der Waals surface area contributed by atoms with Crippen LogP contribution in [0.4, 0.5) is 5.69 Å². The number of aromatic nitrogens is 1. The van der Waals surface area contributed by atoms with Crippen LogP contribution in [0, 0.1) is 0 Å². The number of nitrogens with one attached hydrogen (secondary N) is 2. The maximum absolute atomic E-state index is 13.0. The lowest BCUT2D eigenvalue weighted by molar-refractivity contribution is 0.0962. The molecule has 2 aromatic heterocycles. The molecule has 0 saturated carbocycles. The van der Waals surface area contributed by atoms with E-state index < -0.39 is 0 Å². The third-order valence-corrected chi connectivity index (χ3v) is 5.71. The standard InChI is InChI=1S/C23H21N3O2S/c1-24-22(27)17-7-9-18(10-8-17)25-23(28)20-15-21-19(12-14-29-21)26(20)13-11-16-5-3-2-4-6-16/h2-10,12,14-15H,11,13H2,1H3,(H,24,27)(H,25,28). The molecule has 0 spiro atoms. The number of aryl methyl sites for hydroxylation is 2. The zero-order chi connectivity index (χ0) is 20.2. The monoisotopic (exact) mass is 403 g/mol. The van der Waals surface area contributed by atoms with Crippen molar-refractivity contribution >= 4 is 39.1 Å². The SMILES string of the molecule is CNC(=O)c1ccc(NC(=O)c2cc3sccc3n2CCc2ccccc2)cc1. The molecule has 4 rings (SSSR count). The minimum atomic E-state index is -0.158. The van der Waals surface area contributed by atoms with Gasteiger partial charge in [-0.15, -0.1) is 11.3 Å². The van der Waals surface area contributed by atoms with Gasteiger partial charge in [-0.1, -0.05) is 30.3 Å². The van der Waals surface area contributed by atoms with E-state index in [0.29, 0.717) is 16.9 Å².